The van der Waals surface area contributed by atoms with E-state index in [9.17, 15) is 94.2 Å². The van der Waals surface area contributed by atoms with Gasteiger partial charge in [0.1, 0.15) is 0 Å². The van der Waals surface area contributed by atoms with Crippen LogP contribution in [0.4, 0.5) is 16.0 Å². The molecule has 0 fully saturated rings. The second kappa shape index (κ2) is 35.6. The fraction of sp³-hybridized carbons (Fsp3) is 0.314. The zero-order valence-corrected chi connectivity index (χ0v) is 59.6. The van der Waals surface area contributed by atoms with Crippen molar-refractivity contribution in [3.05, 3.63) is 123 Å². The Kier molecular flexibility index (Phi) is 31.1. The van der Waals surface area contributed by atoms with E-state index in [1.165, 1.54) is 45.0 Å². The summed E-state index contributed by atoms with van der Waals surface area (Å²) in [6.45, 7) is 16.9. The normalized spacial score (nSPS) is 11.6. The Morgan fingerprint density at radius 2 is 0.779 bits per heavy atom. The van der Waals surface area contributed by atoms with Gasteiger partial charge in [-0.25, -0.2) is 62.4 Å². The van der Waals surface area contributed by atoms with Gasteiger partial charge in [0.05, 0.1) is 24.5 Å². The van der Waals surface area contributed by atoms with Crippen molar-refractivity contribution in [3.8, 4) is 0 Å². The maximum atomic E-state index is 12.0. The first kappa shape index (κ1) is 83.0. The van der Waals surface area contributed by atoms with E-state index in [0.29, 0.717) is 33.3 Å². The number of anilines is 2. The average Bonchev–Trinajstić information content (AvgIpc) is 1.58. The number of nitro groups is 1. The van der Waals surface area contributed by atoms with Crippen LogP contribution >= 0.6 is 45.9 Å². The summed E-state index contributed by atoms with van der Waals surface area (Å²) in [5.74, 6) is -6.38. The van der Waals surface area contributed by atoms with Crippen LogP contribution in [-0.4, -0.2) is 117 Å². The smallest absolute Gasteiger partial charge is 0.293 e. The third kappa shape index (κ3) is 28.0. The predicted octanol–water partition coefficient (Wildman–Crippen LogP) is 4.51. The minimum Gasteiger partial charge on any atom is -0.301 e. The van der Waals surface area contributed by atoms with Crippen molar-refractivity contribution in [1.29, 1.82) is 0 Å². The van der Waals surface area contributed by atoms with Crippen LogP contribution in [0.1, 0.15) is 86.5 Å². The number of halogens is 2. The topological polar surface area (TPSA) is 529 Å². The predicted molar refractivity (Wildman–Crippen MR) is 347 cm³/mol. The number of hydrogen-bond donors (Lipinski definition) is 8. The molecule has 0 aliphatic rings. The number of benzene rings is 4. The van der Waals surface area contributed by atoms with E-state index in [2.05, 4.69) is 31.0 Å². The number of sulfonamides is 6. The summed E-state index contributed by atoms with van der Waals surface area (Å²) in [6, 6.07) is 21.1. The van der Waals surface area contributed by atoms with Crippen LogP contribution in [-0.2, 0) is 88.9 Å². The molecule has 95 heavy (non-hydrogen) atoms. The molecule has 6 aromatic rings. The molecule has 0 aliphatic heterocycles. The molecule has 7 amide bonds. The zero-order chi connectivity index (χ0) is 72.9. The van der Waals surface area contributed by atoms with Gasteiger partial charge in [0.25, 0.3) is 70.4 Å². The Labute approximate surface area is 564 Å². The molecule has 2 heterocycles. The maximum Gasteiger partial charge on any atom is 0.293 e. The van der Waals surface area contributed by atoms with Gasteiger partial charge in [-0.05, 0) is 66.7 Å². The summed E-state index contributed by atoms with van der Waals surface area (Å²) in [5.41, 5.74) is 0.108. The van der Waals surface area contributed by atoms with Gasteiger partial charge in [0.2, 0.25) is 55.7 Å². The van der Waals surface area contributed by atoms with Crippen molar-refractivity contribution >= 4 is 163 Å². The zero-order valence-electron chi connectivity index (χ0n) is 51.5. The molecule has 0 aliphatic carbocycles. The molecule has 0 atom stereocenters. The summed E-state index contributed by atoms with van der Waals surface area (Å²) in [6.07, 6.45) is 0. The number of nitro benzene ring substituents is 1. The number of non-ortho nitro benzene ring substituents is 1. The van der Waals surface area contributed by atoms with Crippen LogP contribution in [0.15, 0.2) is 125 Å². The number of amides is 7. The number of aromatic nitrogens is 4. The molecular formula is C51H63Cl2N13O21S8. The minimum absolute atomic E-state index is 0.00711. The van der Waals surface area contributed by atoms with Gasteiger partial charge >= 0.3 is 0 Å². The summed E-state index contributed by atoms with van der Waals surface area (Å²) in [7, 11) is -24.1. The molecule has 2 aromatic heterocycles. The first-order chi connectivity index (χ1) is 43.5. The van der Waals surface area contributed by atoms with E-state index in [1.807, 2.05) is 23.6 Å². The van der Waals surface area contributed by atoms with Crippen molar-refractivity contribution in [2.45, 2.75) is 104 Å². The molecule has 520 valence electrons. The Morgan fingerprint density at radius 1 is 0.442 bits per heavy atom. The number of nitrogens with one attached hydrogen (secondary N) is 7. The van der Waals surface area contributed by atoms with Crippen LogP contribution in [0.5, 0.6) is 0 Å². The molecule has 0 spiro atoms. The van der Waals surface area contributed by atoms with Gasteiger partial charge in [0, 0.05) is 64.3 Å². The quantitative estimate of drug-likeness (QED) is 0.0296. The molecule has 0 bridgehead atoms. The Morgan fingerprint density at radius 3 is 1.13 bits per heavy atom. The lowest BCUT2D eigenvalue weighted by atomic mass is 10.2. The lowest BCUT2D eigenvalue weighted by Gasteiger charge is -2.10. The number of rotatable bonds is 20. The van der Waals surface area contributed by atoms with Crippen LogP contribution in [0, 0.1) is 39.7 Å². The highest BCUT2D eigenvalue weighted by molar-refractivity contribution is 7.92. The summed E-state index contributed by atoms with van der Waals surface area (Å²) >= 11 is 12.7. The Balaban J connectivity index is 0.000000408. The Bertz CT molecular complexity index is 4480. The molecule has 9 N–H and O–H groups in total. The molecular weight excluding hydrogens is 1460 g/mol. The molecule has 44 heteroatoms. The number of hydrogen-bond acceptors (Lipinski definition) is 27. The first-order valence-corrected chi connectivity index (χ1v) is 37.8. The number of nitrogens with zero attached hydrogens (tertiary/aromatic N) is 5. The van der Waals surface area contributed by atoms with E-state index in [0.717, 1.165) is 42.5 Å². The van der Waals surface area contributed by atoms with Crippen LogP contribution < -0.4 is 39.4 Å². The van der Waals surface area contributed by atoms with Crippen molar-refractivity contribution in [2.75, 3.05) is 10.6 Å². The average molecular weight is 1520 g/mol. The fourth-order valence-corrected chi connectivity index (χ4v) is 14.0. The van der Waals surface area contributed by atoms with Gasteiger partial charge in [-0.3, -0.25) is 49.0 Å². The highest BCUT2D eigenvalue weighted by Gasteiger charge is 2.28. The molecule has 0 saturated carbocycles. The molecule has 6 rings (SSSR count). The second-order valence-electron chi connectivity index (χ2n) is 20.2. The summed E-state index contributed by atoms with van der Waals surface area (Å²) in [5, 5.41) is 34.4. The third-order valence-electron chi connectivity index (χ3n) is 10.6. The number of nitrogens with two attached hydrogens (primary N) is 1. The van der Waals surface area contributed by atoms with Gasteiger partial charge in [-0.15, -0.1) is 20.4 Å². The molecule has 4 aromatic carbocycles. The standard InChI is InChI=1S/C13H13ClN4O4S2.C10H13ClN2O5S2.C10H12N2O5S.C10H13NO3S.C8H12N4O4S2/c1-7(2)10(19)18-24(21,22)13-17-16-12(23-13)15-11(20)8-3-5-9(14)6-4-8;1-6(2)10(14)13-20(17,18)9-4-7(11)3-8(5-9)19(12,15)16;1-7(2)10(13)11-18(16,17)9-5-3-8(4-6-9)12(14)15;1-8(2)10(12)11-15(13,14)9-6-4-3-5-7-9;1-4(2)6(14)12-18(15,16)8-11-10-7(17-8)9-5(3)13/h3-7H,1-2H3,(H,18,19)(H,15,16,20);3-6H,1-2H3,(H,13,14)(H2,12,15,16);3-7H,1-2H3,(H,11,13);3-8H,1-2H3,(H,11,12);4H,1-3H3,(H,12,14)(H,9,10,13). The minimum atomic E-state index is -4.21. The van der Waals surface area contributed by atoms with Gasteiger partial charge in [-0.1, -0.05) is 133 Å². The molecule has 0 saturated heterocycles. The van der Waals surface area contributed by atoms with Crippen molar-refractivity contribution in [3.63, 3.8) is 0 Å². The maximum absolute atomic E-state index is 12.0. The Hall–Kier alpha value is -8.07. The highest BCUT2D eigenvalue weighted by Crippen LogP contribution is 2.24. The van der Waals surface area contributed by atoms with E-state index < -0.39 is 138 Å². The van der Waals surface area contributed by atoms with E-state index in [4.69, 9.17) is 28.3 Å². The fourth-order valence-electron chi connectivity index (χ4n) is 5.38. The van der Waals surface area contributed by atoms with Crippen LogP contribution in [0.2, 0.25) is 10.0 Å². The van der Waals surface area contributed by atoms with Gasteiger partial charge in [-0.2, -0.15) is 16.8 Å². The SMILES string of the molecule is CC(=O)Nc1nnc(S(=O)(=O)NC(=O)C(C)C)s1.CC(C)C(=O)NS(=O)(=O)c1cc(Cl)cc(S(N)(=O)=O)c1.CC(C)C(=O)NS(=O)(=O)c1ccc([N+](=O)[O-])cc1.CC(C)C(=O)NS(=O)(=O)c1ccccc1.CC(C)C(=O)NS(=O)(=O)c1nnc(NC(=O)c2ccc(Cl)cc2)s1. The van der Waals surface area contributed by atoms with E-state index in [-0.39, 0.29) is 46.9 Å². The molecule has 34 nitrogen and oxygen atoms in total. The number of primary sulfonamides is 1. The van der Waals surface area contributed by atoms with E-state index in [1.54, 1.807) is 85.7 Å². The van der Waals surface area contributed by atoms with Crippen molar-refractivity contribution in [2.24, 2.45) is 34.7 Å². The highest BCUT2D eigenvalue weighted by atomic mass is 35.5. The lowest BCUT2D eigenvalue weighted by Crippen LogP contribution is -2.33. The lowest BCUT2D eigenvalue weighted by molar-refractivity contribution is -0.384. The monoisotopic (exact) mass is 1520 g/mol. The third-order valence-corrected chi connectivity index (χ3v) is 21.1. The van der Waals surface area contributed by atoms with Crippen molar-refractivity contribution < 1.29 is 89.0 Å². The summed E-state index contributed by atoms with van der Waals surface area (Å²) in [4.78, 5) is 88.3. The van der Waals surface area contributed by atoms with Crippen LogP contribution in [0.25, 0.3) is 0 Å². The van der Waals surface area contributed by atoms with Crippen LogP contribution in [0.3, 0.4) is 0 Å². The first-order valence-electron chi connectivity index (χ1n) is 26.5. The number of carbonyl (C=O) groups excluding carboxylic acids is 7. The van der Waals surface area contributed by atoms with E-state index >= 15 is 0 Å². The van der Waals surface area contributed by atoms with Gasteiger partial charge < -0.3 is 5.32 Å². The molecule has 0 radical (unpaired) electrons. The summed E-state index contributed by atoms with van der Waals surface area (Å²) < 4.78 is 149. The molecule has 0 unspecified atom stereocenters. The van der Waals surface area contributed by atoms with Crippen molar-refractivity contribution in [1.82, 2.24) is 44.0 Å². The second-order valence-corrected chi connectivity index (χ2v) is 33.4. The van der Waals surface area contributed by atoms with Gasteiger partial charge in [0.15, 0.2) is 0 Å². The number of carbonyl (C=O) groups is 7. The largest absolute Gasteiger partial charge is 0.301 e.